The van der Waals surface area contributed by atoms with Gasteiger partial charge in [0, 0.05) is 27.5 Å². The number of alkyl halides is 3. The van der Waals surface area contributed by atoms with E-state index in [1.807, 2.05) is 97.1 Å². The molecule has 350 valence electrons. The van der Waals surface area contributed by atoms with E-state index in [0.29, 0.717) is 34.2 Å². The zero-order valence-electron chi connectivity index (χ0n) is 39.7. The van der Waals surface area contributed by atoms with Crippen molar-refractivity contribution < 1.29 is 13.2 Å². The highest BCUT2D eigenvalue weighted by Gasteiger charge is 2.41. The van der Waals surface area contributed by atoms with E-state index in [-0.39, 0.29) is 0 Å². The third kappa shape index (κ3) is 8.31. The number of nitrogens with zero attached hydrogens (tertiary/aromatic N) is 4. The number of hydrogen-bond acceptors (Lipinski definition) is 3. The molecule has 0 aliphatic rings. The second-order valence-electron chi connectivity index (χ2n) is 18.4. The molecule has 4 nitrogen and oxygen atoms in total. The lowest BCUT2D eigenvalue weighted by Gasteiger charge is -2.34. The number of rotatable bonds is 10. The third-order valence-corrected chi connectivity index (χ3v) is 18.6. The fraction of sp³-hybridized carbons (Fsp3) is 0.0308. The van der Waals surface area contributed by atoms with Crippen molar-refractivity contribution in [1.29, 1.82) is 0 Å². The molecule has 0 atom stereocenters. The first-order valence-electron chi connectivity index (χ1n) is 24.2. The van der Waals surface area contributed by atoms with Gasteiger partial charge >= 0.3 is 6.18 Å². The highest BCUT2D eigenvalue weighted by molar-refractivity contribution is 7.19. The van der Waals surface area contributed by atoms with Crippen LogP contribution in [-0.2, 0) is 6.18 Å². The van der Waals surface area contributed by atoms with Gasteiger partial charge < -0.3 is 4.57 Å². The Hall–Kier alpha value is -8.98. The summed E-state index contributed by atoms with van der Waals surface area (Å²) in [5.41, 5.74) is 8.20. The van der Waals surface area contributed by atoms with Gasteiger partial charge in [-0.3, -0.25) is 0 Å². The van der Waals surface area contributed by atoms with Crippen LogP contribution in [-0.4, -0.2) is 27.6 Å². The van der Waals surface area contributed by atoms with Gasteiger partial charge in [0.05, 0.1) is 22.3 Å². The molecule has 0 aliphatic heterocycles. The molecule has 0 fully saturated rings. The van der Waals surface area contributed by atoms with Crippen molar-refractivity contribution in [3.05, 3.63) is 266 Å². The molecule has 2 aromatic heterocycles. The topological polar surface area (TPSA) is 43.6 Å². The number of para-hydroxylation sites is 1. The van der Waals surface area contributed by atoms with Crippen molar-refractivity contribution in [2.45, 2.75) is 13.1 Å². The van der Waals surface area contributed by atoms with Crippen molar-refractivity contribution in [3.63, 3.8) is 0 Å². The van der Waals surface area contributed by atoms with Gasteiger partial charge in [-0.1, -0.05) is 212 Å². The Morgan fingerprint density at radius 3 is 1.41 bits per heavy atom. The first-order valence-corrected chi connectivity index (χ1v) is 26.2. The number of aryl methyl sites for hydroxylation is 1. The van der Waals surface area contributed by atoms with Crippen LogP contribution in [0.2, 0.25) is 0 Å². The lowest BCUT2D eigenvalue weighted by molar-refractivity contribution is -0.137. The van der Waals surface area contributed by atoms with Crippen molar-refractivity contribution >= 4 is 50.6 Å². The standard InChI is InChI=1S/C65H45F3N4Si/c1-44-38-50(40-51(39-44)65(66,67)68)49-35-36-60-57(42-49)56-32-17-18-33-59(56)72(60)61-37-34-48(43-58(61)64-70-62(45-20-7-2-8-21-45)69-63(71-64)46-22-9-3-10-23-46)47-24-19-31-55(41-47)73(52-25-11-4-12-26-52,53-27-13-5-14-28-53)54-29-15-6-16-30-54/h2-43H,1H3. The summed E-state index contributed by atoms with van der Waals surface area (Å²) in [6.45, 7) is 1.70. The number of hydrogen-bond donors (Lipinski definition) is 0. The van der Waals surface area contributed by atoms with Gasteiger partial charge in [-0.05, 0) is 98.0 Å². The molecule has 0 N–H and O–H groups in total. The quantitative estimate of drug-likeness (QED) is 0.101. The molecule has 0 saturated heterocycles. The fourth-order valence-electron chi connectivity index (χ4n) is 10.5. The molecule has 0 radical (unpaired) electrons. The van der Waals surface area contributed by atoms with Gasteiger partial charge in [0.2, 0.25) is 0 Å². The molecule has 73 heavy (non-hydrogen) atoms. The summed E-state index contributed by atoms with van der Waals surface area (Å²) < 4.78 is 44.7. The smallest absolute Gasteiger partial charge is 0.309 e. The summed E-state index contributed by atoms with van der Waals surface area (Å²) in [4.78, 5) is 15.7. The zero-order chi connectivity index (χ0) is 49.5. The lowest BCUT2D eigenvalue weighted by Crippen LogP contribution is -2.74. The Balaban J connectivity index is 1.12. The van der Waals surface area contributed by atoms with E-state index in [4.69, 9.17) is 15.0 Å². The average molecular weight is 967 g/mol. The van der Waals surface area contributed by atoms with Crippen LogP contribution >= 0.6 is 0 Å². The summed E-state index contributed by atoms with van der Waals surface area (Å²) in [6.07, 6.45) is -4.47. The lowest BCUT2D eigenvalue weighted by atomic mass is 9.98. The number of aromatic nitrogens is 4. The molecule has 10 aromatic carbocycles. The maximum Gasteiger partial charge on any atom is 0.416 e. The SMILES string of the molecule is Cc1cc(-c2ccc3c(c2)c2ccccc2n3-c2ccc(-c3cccc([Si](c4ccccc4)(c4ccccc4)c4ccccc4)c3)cc2-c2nc(-c3ccccc3)nc(-c3ccccc3)n2)cc(C(F)(F)F)c1. The summed E-state index contributed by atoms with van der Waals surface area (Å²) in [5.74, 6) is 1.56. The predicted octanol–water partition coefficient (Wildman–Crippen LogP) is 14.0. The van der Waals surface area contributed by atoms with Crippen molar-refractivity contribution in [1.82, 2.24) is 19.5 Å². The fourth-order valence-corrected chi connectivity index (χ4v) is 15.3. The molecule has 2 heterocycles. The molecule has 12 aromatic rings. The van der Waals surface area contributed by atoms with E-state index in [1.54, 1.807) is 6.92 Å². The Bertz CT molecular complexity index is 3800. The Kier molecular flexibility index (Phi) is 11.5. The molecule has 12 rings (SSSR count). The summed E-state index contributed by atoms with van der Waals surface area (Å²) in [5, 5.41) is 6.95. The van der Waals surface area contributed by atoms with Crippen LogP contribution in [0, 0.1) is 6.92 Å². The summed E-state index contributed by atoms with van der Waals surface area (Å²) in [6, 6.07) is 86.5. The zero-order valence-corrected chi connectivity index (χ0v) is 40.7. The van der Waals surface area contributed by atoms with Gasteiger partial charge in [0.15, 0.2) is 25.5 Å². The number of benzene rings is 10. The first kappa shape index (κ1) is 45.2. The van der Waals surface area contributed by atoms with Crippen LogP contribution in [0.5, 0.6) is 0 Å². The van der Waals surface area contributed by atoms with Crippen LogP contribution in [0.15, 0.2) is 255 Å². The van der Waals surface area contributed by atoms with E-state index in [1.165, 1.54) is 32.9 Å². The normalized spacial score (nSPS) is 11.8. The maximum atomic E-state index is 14.1. The molecule has 0 aliphatic carbocycles. The number of halogens is 3. The monoisotopic (exact) mass is 966 g/mol. The predicted molar refractivity (Wildman–Crippen MR) is 295 cm³/mol. The molecule has 8 heteroatoms. The average Bonchev–Trinajstić information content (AvgIpc) is 3.77. The molecule has 0 unspecified atom stereocenters. The second-order valence-corrected chi connectivity index (χ2v) is 22.2. The van der Waals surface area contributed by atoms with Crippen LogP contribution in [0.3, 0.4) is 0 Å². The van der Waals surface area contributed by atoms with E-state index in [2.05, 4.69) is 150 Å². The van der Waals surface area contributed by atoms with Gasteiger partial charge in [0.1, 0.15) is 0 Å². The Morgan fingerprint density at radius 1 is 0.356 bits per heavy atom. The Morgan fingerprint density at radius 2 is 0.822 bits per heavy atom. The van der Waals surface area contributed by atoms with E-state index in [9.17, 15) is 13.2 Å². The third-order valence-electron chi connectivity index (χ3n) is 13.8. The van der Waals surface area contributed by atoms with Crippen molar-refractivity contribution in [2.24, 2.45) is 0 Å². The summed E-state index contributed by atoms with van der Waals surface area (Å²) >= 11 is 0. The molecule has 0 spiro atoms. The molecular formula is C65H45F3N4Si. The highest BCUT2D eigenvalue weighted by atomic mass is 28.3. The minimum absolute atomic E-state index is 0.490. The minimum Gasteiger partial charge on any atom is -0.309 e. The van der Waals surface area contributed by atoms with Crippen molar-refractivity contribution in [2.75, 3.05) is 0 Å². The molecule has 0 saturated carbocycles. The van der Waals surface area contributed by atoms with Crippen LogP contribution in [0.25, 0.3) is 83.9 Å². The van der Waals surface area contributed by atoms with Gasteiger partial charge in [-0.25, -0.2) is 15.0 Å². The minimum atomic E-state index is -4.47. The molecule has 0 bridgehead atoms. The molecule has 0 amide bonds. The van der Waals surface area contributed by atoms with Crippen LogP contribution in [0.4, 0.5) is 13.2 Å². The highest BCUT2D eigenvalue weighted by Crippen LogP contribution is 2.41. The van der Waals surface area contributed by atoms with E-state index >= 15 is 0 Å². The summed E-state index contributed by atoms with van der Waals surface area (Å²) in [7, 11) is -2.89. The van der Waals surface area contributed by atoms with Gasteiger partial charge in [-0.2, -0.15) is 13.2 Å². The first-order chi connectivity index (χ1) is 35.7. The van der Waals surface area contributed by atoms with E-state index in [0.717, 1.165) is 55.3 Å². The van der Waals surface area contributed by atoms with Crippen LogP contribution < -0.4 is 20.7 Å². The Labute approximate surface area is 422 Å². The second kappa shape index (κ2) is 18.6. The van der Waals surface area contributed by atoms with Crippen molar-refractivity contribution in [3.8, 4) is 62.1 Å². The van der Waals surface area contributed by atoms with E-state index < -0.39 is 19.8 Å². The largest absolute Gasteiger partial charge is 0.416 e. The van der Waals surface area contributed by atoms with Gasteiger partial charge in [0.25, 0.3) is 0 Å². The van der Waals surface area contributed by atoms with Crippen LogP contribution in [0.1, 0.15) is 11.1 Å². The molecular weight excluding hydrogens is 922 g/mol. The number of fused-ring (bicyclic) bond motifs is 3. The van der Waals surface area contributed by atoms with Gasteiger partial charge in [-0.15, -0.1) is 0 Å². The maximum absolute atomic E-state index is 14.1.